The number of ether oxygens (including phenoxy) is 1. The summed E-state index contributed by atoms with van der Waals surface area (Å²) in [4.78, 5) is 39.5. The summed E-state index contributed by atoms with van der Waals surface area (Å²) < 4.78 is 5.44. The van der Waals surface area contributed by atoms with Gasteiger partial charge in [0.2, 0.25) is 5.91 Å². The largest absolute Gasteiger partial charge is 0.453 e. The lowest BCUT2D eigenvalue weighted by Gasteiger charge is -2.42. The number of rotatable bonds is 5. The van der Waals surface area contributed by atoms with E-state index in [0.29, 0.717) is 11.4 Å². The smallest absolute Gasteiger partial charge is 0.307 e. The number of carbonyl (C=O) groups is 3. The summed E-state index contributed by atoms with van der Waals surface area (Å²) in [5, 5.41) is 2.82. The predicted molar refractivity (Wildman–Crippen MR) is 112 cm³/mol. The second-order valence-electron chi connectivity index (χ2n) is 7.85. The van der Waals surface area contributed by atoms with Crippen molar-refractivity contribution in [3.63, 3.8) is 0 Å². The SMILES string of the molecule is C[C@H](OC(=O)C[C@@H](C)c1ccccc1)C(=O)N1c2ccccc2NC(=O)C1(C)C. The Kier molecular flexibility index (Phi) is 5.73. The molecule has 6 nitrogen and oxygen atoms in total. The Hall–Kier alpha value is -3.15. The van der Waals surface area contributed by atoms with Crippen molar-refractivity contribution in [3.05, 3.63) is 60.2 Å². The van der Waals surface area contributed by atoms with Gasteiger partial charge in [0, 0.05) is 0 Å². The Labute approximate surface area is 170 Å². The molecule has 1 heterocycles. The lowest BCUT2D eigenvalue weighted by Crippen LogP contribution is -2.60. The van der Waals surface area contributed by atoms with Gasteiger partial charge in [0.25, 0.3) is 5.91 Å². The number of hydrogen-bond donors (Lipinski definition) is 1. The van der Waals surface area contributed by atoms with Crippen molar-refractivity contribution in [2.24, 2.45) is 0 Å². The number of nitrogens with zero attached hydrogens (tertiary/aromatic N) is 1. The molecule has 1 aliphatic heterocycles. The number of benzene rings is 2. The van der Waals surface area contributed by atoms with Crippen molar-refractivity contribution in [2.75, 3.05) is 10.2 Å². The number of para-hydroxylation sites is 2. The maximum absolute atomic E-state index is 13.2. The van der Waals surface area contributed by atoms with Crippen LogP contribution in [0.4, 0.5) is 11.4 Å². The molecule has 2 amide bonds. The molecule has 0 bridgehead atoms. The van der Waals surface area contributed by atoms with Crippen LogP contribution in [0.15, 0.2) is 54.6 Å². The number of esters is 1. The molecule has 0 saturated carbocycles. The summed E-state index contributed by atoms with van der Waals surface area (Å²) in [5.41, 5.74) is 1.07. The standard InChI is InChI=1S/C23H26N2O4/c1-15(17-10-6-5-7-11-17)14-20(26)29-16(2)21(27)25-19-13-9-8-12-18(19)24-22(28)23(25,3)4/h5-13,15-16H,14H2,1-4H3,(H,24,28)/t15-,16+/m1/s1. The second-order valence-corrected chi connectivity index (χ2v) is 7.85. The zero-order valence-corrected chi connectivity index (χ0v) is 17.1. The van der Waals surface area contributed by atoms with Gasteiger partial charge in [0.1, 0.15) is 5.54 Å². The quantitative estimate of drug-likeness (QED) is 0.781. The van der Waals surface area contributed by atoms with E-state index in [1.807, 2.05) is 37.3 Å². The van der Waals surface area contributed by atoms with E-state index in [1.54, 1.807) is 45.0 Å². The molecule has 2 aromatic carbocycles. The maximum Gasteiger partial charge on any atom is 0.307 e. The van der Waals surface area contributed by atoms with Crippen molar-refractivity contribution in [1.29, 1.82) is 0 Å². The Morgan fingerprint density at radius 3 is 2.34 bits per heavy atom. The van der Waals surface area contributed by atoms with Crippen LogP contribution in [0.2, 0.25) is 0 Å². The first-order chi connectivity index (χ1) is 13.7. The van der Waals surface area contributed by atoms with Crippen molar-refractivity contribution in [1.82, 2.24) is 0 Å². The van der Waals surface area contributed by atoms with Gasteiger partial charge in [0.15, 0.2) is 6.10 Å². The zero-order valence-electron chi connectivity index (χ0n) is 17.1. The third-order valence-electron chi connectivity index (χ3n) is 5.23. The van der Waals surface area contributed by atoms with Crippen LogP contribution in [0, 0.1) is 0 Å². The van der Waals surface area contributed by atoms with Gasteiger partial charge >= 0.3 is 5.97 Å². The fourth-order valence-electron chi connectivity index (χ4n) is 3.47. The lowest BCUT2D eigenvalue weighted by molar-refractivity contribution is -0.154. The number of nitrogens with one attached hydrogen (secondary N) is 1. The highest BCUT2D eigenvalue weighted by Gasteiger charge is 2.45. The molecule has 0 aliphatic carbocycles. The Morgan fingerprint density at radius 1 is 1.03 bits per heavy atom. The third kappa shape index (κ3) is 4.16. The minimum atomic E-state index is -1.11. The average Bonchev–Trinajstić information content (AvgIpc) is 2.69. The number of hydrogen-bond acceptors (Lipinski definition) is 4. The molecule has 1 aliphatic rings. The van der Waals surface area contributed by atoms with Gasteiger partial charge in [-0.25, -0.2) is 0 Å². The molecule has 152 valence electrons. The molecule has 3 rings (SSSR count). The Bertz CT molecular complexity index is 923. The van der Waals surface area contributed by atoms with Crippen LogP contribution < -0.4 is 10.2 Å². The monoisotopic (exact) mass is 394 g/mol. The fourth-order valence-corrected chi connectivity index (χ4v) is 3.47. The third-order valence-corrected chi connectivity index (χ3v) is 5.23. The molecule has 0 unspecified atom stereocenters. The summed E-state index contributed by atoms with van der Waals surface area (Å²) in [7, 11) is 0. The first kappa shape index (κ1) is 20.6. The van der Waals surface area contributed by atoms with E-state index in [1.165, 1.54) is 4.90 Å². The van der Waals surface area contributed by atoms with E-state index >= 15 is 0 Å². The predicted octanol–water partition coefficient (Wildman–Crippen LogP) is 3.88. The summed E-state index contributed by atoms with van der Waals surface area (Å²) in [6, 6.07) is 16.8. The number of carbonyl (C=O) groups excluding carboxylic acids is 3. The minimum absolute atomic E-state index is 0.0241. The fraction of sp³-hybridized carbons (Fsp3) is 0.348. The second kappa shape index (κ2) is 8.07. The molecule has 0 aromatic heterocycles. The highest BCUT2D eigenvalue weighted by atomic mass is 16.5. The summed E-state index contributed by atoms with van der Waals surface area (Å²) in [6.45, 7) is 6.82. The van der Waals surface area contributed by atoms with Crippen LogP contribution in [0.3, 0.4) is 0 Å². The summed E-state index contributed by atoms with van der Waals surface area (Å²) in [5.74, 6) is -1.20. The zero-order chi connectivity index (χ0) is 21.2. The van der Waals surface area contributed by atoms with Crippen LogP contribution in [-0.2, 0) is 19.1 Å². The van der Waals surface area contributed by atoms with Gasteiger partial charge in [-0.1, -0.05) is 49.4 Å². The summed E-state index contributed by atoms with van der Waals surface area (Å²) in [6.07, 6.45) is -0.842. The van der Waals surface area contributed by atoms with Gasteiger partial charge in [-0.15, -0.1) is 0 Å². The van der Waals surface area contributed by atoms with Gasteiger partial charge in [0.05, 0.1) is 17.8 Å². The van der Waals surface area contributed by atoms with Crippen molar-refractivity contribution in [3.8, 4) is 0 Å². The molecule has 29 heavy (non-hydrogen) atoms. The van der Waals surface area contributed by atoms with Crippen LogP contribution in [0.25, 0.3) is 0 Å². The van der Waals surface area contributed by atoms with E-state index in [0.717, 1.165) is 5.56 Å². The van der Waals surface area contributed by atoms with E-state index in [2.05, 4.69) is 5.32 Å². The van der Waals surface area contributed by atoms with Crippen LogP contribution in [0.5, 0.6) is 0 Å². The van der Waals surface area contributed by atoms with E-state index in [4.69, 9.17) is 4.74 Å². The van der Waals surface area contributed by atoms with Gasteiger partial charge in [-0.05, 0) is 44.4 Å². The molecule has 1 N–H and O–H groups in total. The van der Waals surface area contributed by atoms with Crippen molar-refractivity contribution in [2.45, 2.75) is 51.7 Å². The topological polar surface area (TPSA) is 75.7 Å². The van der Waals surface area contributed by atoms with Crippen LogP contribution in [-0.4, -0.2) is 29.4 Å². The summed E-state index contributed by atoms with van der Waals surface area (Å²) >= 11 is 0. The number of anilines is 2. The Balaban J connectivity index is 1.74. The molecule has 6 heteroatoms. The minimum Gasteiger partial charge on any atom is -0.453 e. The van der Waals surface area contributed by atoms with Gasteiger partial charge in [-0.3, -0.25) is 19.3 Å². The first-order valence-electron chi connectivity index (χ1n) is 9.70. The first-order valence-corrected chi connectivity index (χ1v) is 9.70. The van der Waals surface area contributed by atoms with Crippen molar-refractivity contribution < 1.29 is 19.1 Å². The van der Waals surface area contributed by atoms with Gasteiger partial charge < -0.3 is 10.1 Å². The normalized spacial score (nSPS) is 17.0. The molecule has 0 radical (unpaired) electrons. The van der Waals surface area contributed by atoms with Gasteiger partial charge in [-0.2, -0.15) is 0 Å². The molecular formula is C23H26N2O4. The van der Waals surface area contributed by atoms with E-state index in [-0.39, 0.29) is 18.2 Å². The maximum atomic E-state index is 13.2. The Morgan fingerprint density at radius 2 is 1.66 bits per heavy atom. The van der Waals surface area contributed by atoms with Crippen molar-refractivity contribution >= 4 is 29.2 Å². The number of fused-ring (bicyclic) bond motifs is 1. The molecule has 0 saturated heterocycles. The highest BCUT2D eigenvalue weighted by Crippen LogP contribution is 2.37. The van der Waals surface area contributed by atoms with Crippen LogP contribution in [0.1, 0.15) is 45.6 Å². The van der Waals surface area contributed by atoms with E-state index in [9.17, 15) is 14.4 Å². The highest BCUT2D eigenvalue weighted by molar-refractivity contribution is 6.15. The number of amides is 2. The molecule has 0 fully saturated rings. The molecule has 0 spiro atoms. The van der Waals surface area contributed by atoms with E-state index < -0.39 is 23.5 Å². The molecular weight excluding hydrogens is 368 g/mol. The lowest BCUT2D eigenvalue weighted by atomic mass is 9.95. The average molecular weight is 394 g/mol. The van der Waals surface area contributed by atoms with Crippen LogP contribution >= 0.6 is 0 Å². The molecule has 2 aromatic rings. The molecule has 2 atom stereocenters.